The topological polar surface area (TPSA) is 84.5 Å². The molecule has 27 heavy (non-hydrogen) atoms. The van der Waals surface area contributed by atoms with Crippen molar-refractivity contribution in [3.8, 4) is 0 Å². The van der Waals surface area contributed by atoms with Crippen LogP contribution in [0.15, 0.2) is 47.4 Å². The SMILES string of the molecule is CNS(=O)(=O)c1ccc(NCc2ccc(C(F)(F)F)cc2)c(C(=O)OC)c1. The Hall–Kier alpha value is -2.59. The van der Waals surface area contributed by atoms with Crippen molar-refractivity contribution in [1.82, 2.24) is 4.72 Å². The molecule has 0 atom stereocenters. The lowest BCUT2D eigenvalue weighted by molar-refractivity contribution is -0.137. The first-order valence-electron chi connectivity index (χ1n) is 7.64. The van der Waals surface area contributed by atoms with Crippen molar-refractivity contribution < 1.29 is 31.1 Å². The molecule has 0 heterocycles. The molecule has 10 heteroatoms. The molecule has 0 aliphatic carbocycles. The standard InChI is InChI=1S/C17H17F3N2O4S/c1-21-27(24,25)13-7-8-15(14(9-13)16(23)26-2)22-10-11-3-5-12(6-4-11)17(18,19)20/h3-9,21-22H,10H2,1-2H3. The third-order valence-corrected chi connectivity index (χ3v) is 5.15. The molecule has 6 nitrogen and oxygen atoms in total. The van der Waals surface area contributed by atoms with Gasteiger partial charge in [-0.25, -0.2) is 17.9 Å². The number of carbonyl (C=O) groups excluding carboxylic acids is 1. The smallest absolute Gasteiger partial charge is 0.416 e. The second-order valence-electron chi connectivity index (χ2n) is 5.45. The Morgan fingerprint density at radius 2 is 1.74 bits per heavy atom. The van der Waals surface area contributed by atoms with Crippen molar-refractivity contribution >= 4 is 21.7 Å². The van der Waals surface area contributed by atoms with Gasteiger partial charge in [0.25, 0.3) is 0 Å². The van der Waals surface area contributed by atoms with Crippen molar-refractivity contribution in [2.45, 2.75) is 17.6 Å². The predicted octanol–water partition coefficient (Wildman–Crippen LogP) is 3.01. The van der Waals surface area contributed by atoms with Crippen molar-refractivity contribution in [2.24, 2.45) is 0 Å². The van der Waals surface area contributed by atoms with Crippen LogP contribution in [0.4, 0.5) is 18.9 Å². The molecule has 2 aromatic carbocycles. The average molecular weight is 402 g/mol. The van der Waals surface area contributed by atoms with E-state index in [0.29, 0.717) is 5.56 Å². The summed E-state index contributed by atoms with van der Waals surface area (Å²) in [5.74, 6) is -0.752. The highest BCUT2D eigenvalue weighted by molar-refractivity contribution is 7.89. The highest BCUT2D eigenvalue weighted by Crippen LogP contribution is 2.29. The molecule has 0 aromatic heterocycles. The lowest BCUT2D eigenvalue weighted by Crippen LogP contribution is -2.19. The van der Waals surface area contributed by atoms with Crippen molar-refractivity contribution in [3.63, 3.8) is 0 Å². The van der Waals surface area contributed by atoms with E-state index >= 15 is 0 Å². The van der Waals surface area contributed by atoms with E-state index < -0.39 is 27.7 Å². The molecule has 2 aromatic rings. The number of benzene rings is 2. The van der Waals surface area contributed by atoms with Gasteiger partial charge in [-0.05, 0) is 42.9 Å². The Bertz CT molecular complexity index is 926. The number of ether oxygens (including phenoxy) is 1. The van der Waals surface area contributed by atoms with Gasteiger partial charge in [0.2, 0.25) is 10.0 Å². The van der Waals surface area contributed by atoms with Crippen LogP contribution in [0.5, 0.6) is 0 Å². The molecule has 2 rings (SSSR count). The number of anilines is 1. The number of methoxy groups -OCH3 is 1. The number of rotatable bonds is 6. The minimum Gasteiger partial charge on any atom is -0.465 e. The van der Waals surface area contributed by atoms with Gasteiger partial charge in [0.1, 0.15) is 0 Å². The number of alkyl halides is 3. The zero-order valence-corrected chi connectivity index (χ0v) is 15.2. The Balaban J connectivity index is 2.26. The molecule has 0 bridgehead atoms. The summed E-state index contributed by atoms with van der Waals surface area (Å²) in [6.45, 7) is 0.125. The maximum atomic E-state index is 12.6. The molecule has 0 saturated carbocycles. The van der Waals surface area contributed by atoms with Gasteiger partial charge < -0.3 is 10.1 Å². The molecular formula is C17H17F3N2O4S. The number of nitrogens with one attached hydrogen (secondary N) is 2. The van der Waals surface area contributed by atoms with Gasteiger partial charge in [-0.3, -0.25) is 0 Å². The van der Waals surface area contributed by atoms with Crippen LogP contribution in [-0.4, -0.2) is 28.5 Å². The van der Waals surface area contributed by atoms with Crippen LogP contribution in [-0.2, 0) is 27.5 Å². The van der Waals surface area contributed by atoms with Crippen molar-refractivity contribution in [1.29, 1.82) is 0 Å². The Labute approximate surface area is 154 Å². The summed E-state index contributed by atoms with van der Waals surface area (Å²) in [7, 11) is -1.36. The van der Waals surface area contributed by atoms with Gasteiger partial charge in [-0.15, -0.1) is 0 Å². The Morgan fingerprint density at radius 1 is 1.11 bits per heavy atom. The molecule has 0 aliphatic rings. The van der Waals surface area contributed by atoms with Crippen LogP contribution in [0.1, 0.15) is 21.5 Å². The van der Waals surface area contributed by atoms with Crippen LogP contribution >= 0.6 is 0 Å². The maximum absolute atomic E-state index is 12.6. The van der Waals surface area contributed by atoms with Crippen LogP contribution in [0.3, 0.4) is 0 Å². The van der Waals surface area contributed by atoms with Gasteiger partial charge in [-0.2, -0.15) is 13.2 Å². The van der Waals surface area contributed by atoms with Crippen molar-refractivity contribution in [2.75, 3.05) is 19.5 Å². The second-order valence-corrected chi connectivity index (χ2v) is 7.34. The molecule has 0 unspecified atom stereocenters. The first kappa shape index (κ1) is 20.7. The van der Waals surface area contributed by atoms with Gasteiger partial charge in [-0.1, -0.05) is 12.1 Å². The highest BCUT2D eigenvalue weighted by Gasteiger charge is 2.29. The molecule has 2 N–H and O–H groups in total. The van der Waals surface area contributed by atoms with Gasteiger partial charge in [0, 0.05) is 12.2 Å². The lowest BCUT2D eigenvalue weighted by Gasteiger charge is -2.13. The van der Waals surface area contributed by atoms with E-state index in [2.05, 4.69) is 14.8 Å². The Morgan fingerprint density at radius 3 is 2.26 bits per heavy atom. The molecule has 0 saturated heterocycles. The molecule has 0 aliphatic heterocycles. The average Bonchev–Trinajstić information content (AvgIpc) is 2.65. The molecule has 0 spiro atoms. The number of halogens is 3. The van der Waals surface area contributed by atoms with E-state index in [1.165, 1.54) is 31.3 Å². The van der Waals surface area contributed by atoms with E-state index in [1.54, 1.807) is 0 Å². The fourth-order valence-electron chi connectivity index (χ4n) is 2.25. The van der Waals surface area contributed by atoms with E-state index in [0.717, 1.165) is 25.3 Å². The number of sulfonamides is 1. The first-order valence-corrected chi connectivity index (χ1v) is 9.12. The van der Waals surface area contributed by atoms with Gasteiger partial charge >= 0.3 is 12.1 Å². The normalized spacial score (nSPS) is 11.9. The zero-order valence-electron chi connectivity index (χ0n) is 14.4. The Kier molecular flexibility index (Phi) is 6.11. The molecular weight excluding hydrogens is 385 g/mol. The minimum atomic E-state index is -4.42. The lowest BCUT2D eigenvalue weighted by atomic mass is 10.1. The largest absolute Gasteiger partial charge is 0.465 e. The second kappa shape index (κ2) is 7.97. The summed E-state index contributed by atoms with van der Waals surface area (Å²) in [5, 5.41) is 2.90. The number of carbonyl (C=O) groups is 1. The summed E-state index contributed by atoms with van der Waals surface area (Å²) in [5.41, 5.74) is 0.0615. The molecule has 146 valence electrons. The van der Waals surface area contributed by atoms with E-state index in [-0.39, 0.29) is 22.7 Å². The number of esters is 1. The zero-order chi connectivity index (χ0) is 20.2. The monoisotopic (exact) mass is 402 g/mol. The third kappa shape index (κ3) is 4.98. The summed E-state index contributed by atoms with van der Waals surface area (Å²) >= 11 is 0. The van der Waals surface area contributed by atoms with Crippen molar-refractivity contribution in [3.05, 3.63) is 59.2 Å². The summed E-state index contributed by atoms with van der Waals surface area (Å²) < 4.78 is 68.4. The first-order chi connectivity index (χ1) is 12.6. The molecule has 0 radical (unpaired) electrons. The van der Waals surface area contributed by atoms with Gasteiger partial charge in [0.05, 0.1) is 23.1 Å². The number of hydrogen-bond acceptors (Lipinski definition) is 5. The van der Waals surface area contributed by atoms with Crippen LogP contribution in [0, 0.1) is 0 Å². The fourth-order valence-corrected chi connectivity index (χ4v) is 3.01. The minimum absolute atomic E-state index is 0.0132. The predicted molar refractivity (Wildman–Crippen MR) is 92.8 cm³/mol. The van der Waals surface area contributed by atoms with E-state index in [1.807, 2.05) is 0 Å². The quantitative estimate of drug-likeness (QED) is 0.726. The van der Waals surface area contributed by atoms with E-state index in [4.69, 9.17) is 0 Å². The molecule has 0 amide bonds. The fraction of sp³-hybridized carbons (Fsp3) is 0.235. The number of hydrogen-bond donors (Lipinski definition) is 2. The maximum Gasteiger partial charge on any atom is 0.416 e. The summed E-state index contributed by atoms with van der Waals surface area (Å²) in [6, 6.07) is 8.39. The van der Waals surface area contributed by atoms with Crippen LogP contribution in [0.2, 0.25) is 0 Å². The van der Waals surface area contributed by atoms with E-state index in [9.17, 15) is 26.4 Å². The van der Waals surface area contributed by atoms with Gasteiger partial charge in [0.15, 0.2) is 0 Å². The van der Waals surface area contributed by atoms with Crippen LogP contribution < -0.4 is 10.0 Å². The molecule has 0 fully saturated rings. The van der Waals surface area contributed by atoms with Crippen LogP contribution in [0.25, 0.3) is 0 Å². The third-order valence-electron chi connectivity index (χ3n) is 3.74. The summed E-state index contributed by atoms with van der Waals surface area (Å²) in [6.07, 6.45) is -4.42. The highest BCUT2D eigenvalue weighted by atomic mass is 32.2. The summed E-state index contributed by atoms with van der Waals surface area (Å²) in [4.78, 5) is 11.8.